The maximum absolute atomic E-state index is 11.0. The molecule has 24 heavy (non-hydrogen) atoms. The van der Waals surface area contributed by atoms with Crippen LogP contribution in [0.2, 0.25) is 0 Å². The summed E-state index contributed by atoms with van der Waals surface area (Å²) in [5, 5.41) is 9.05. The van der Waals surface area contributed by atoms with Gasteiger partial charge in [0.2, 0.25) is 11.8 Å². The molecule has 2 atom stereocenters. The molecular weight excluding hydrogens is 310 g/mol. The zero-order chi connectivity index (χ0) is 17.1. The molecule has 132 valence electrons. The van der Waals surface area contributed by atoms with Crippen molar-refractivity contribution in [2.24, 2.45) is 5.92 Å². The number of rotatable bonds is 5. The SMILES string of the molecule is CC(C)Oc1ccnc(N2CCC([C@@H]3CC[C@H](C(=O)O)O3)CC2)n1. The summed E-state index contributed by atoms with van der Waals surface area (Å²) in [5.74, 6) is 0.869. The lowest BCUT2D eigenvalue weighted by molar-refractivity contribution is -0.150. The number of piperidine rings is 1. The molecule has 7 nitrogen and oxygen atoms in total. The topological polar surface area (TPSA) is 84.8 Å². The van der Waals surface area contributed by atoms with Crippen molar-refractivity contribution in [2.75, 3.05) is 18.0 Å². The van der Waals surface area contributed by atoms with Crippen LogP contribution in [0.25, 0.3) is 0 Å². The molecule has 7 heteroatoms. The molecule has 0 radical (unpaired) electrons. The molecule has 1 aromatic heterocycles. The molecule has 3 heterocycles. The van der Waals surface area contributed by atoms with Gasteiger partial charge in [-0.2, -0.15) is 4.98 Å². The quantitative estimate of drug-likeness (QED) is 0.882. The lowest BCUT2D eigenvalue weighted by Gasteiger charge is -2.34. The second-order valence-electron chi connectivity index (χ2n) is 6.76. The van der Waals surface area contributed by atoms with Gasteiger partial charge in [-0.15, -0.1) is 0 Å². The van der Waals surface area contributed by atoms with Crippen molar-refractivity contribution in [3.63, 3.8) is 0 Å². The minimum atomic E-state index is -0.842. The van der Waals surface area contributed by atoms with Gasteiger partial charge in [0.25, 0.3) is 0 Å². The number of aliphatic carboxylic acids is 1. The lowest BCUT2D eigenvalue weighted by Crippen LogP contribution is -2.39. The molecule has 0 spiro atoms. The van der Waals surface area contributed by atoms with Crippen LogP contribution in [-0.2, 0) is 9.53 Å². The summed E-state index contributed by atoms with van der Waals surface area (Å²) >= 11 is 0. The Morgan fingerprint density at radius 3 is 2.71 bits per heavy atom. The van der Waals surface area contributed by atoms with E-state index in [-0.39, 0.29) is 12.2 Å². The van der Waals surface area contributed by atoms with Crippen LogP contribution in [0.15, 0.2) is 12.3 Å². The highest BCUT2D eigenvalue weighted by molar-refractivity contribution is 5.72. The fourth-order valence-electron chi connectivity index (χ4n) is 3.45. The predicted molar refractivity (Wildman–Crippen MR) is 88.3 cm³/mol. The molecule has 3 rings (SSSR count). The van der Waals surface area contributed by atoms with Crippen LogP contribution in [0.3, 0.4) is 0 Å². The van der Waals surface area contributed by atoms with E-state index in [2.05, 4.69) is 14.9 Å². The van der Waals surface area contributed by atoms with Gasteiger partial charge in [0.1, 0.15) is 0 Å². The first-order valence-corrected chi connectivity index (χ1v) is 8.66. The third-order valence-corrected chi connectivity index (χ3v) is 4.65. The zero-order valence-electron chi connectivity index (χ0n) is 14.2. The van der Waals surface area contributed by atoms with E-state index in [0.717, 1.165) is 32.4 Å². The Bertz CT molecular complexity index is 573. The molecule has 0 aromatic carbocycles. The van der Waals surface area contributed by atoms with Crippen LogP contribution < -0.4 is 9.64 Å². The molecule has 0 bridgehead atoms. The molecule has 1 aromatic rings. The van der Waals surface area contributed by atoms with Gasteiger partial charge in [0, 0.05) is 25.4 Å². The largest absolute Gasteiger partial charge is 0.479 e. The second kappa shape index (κ2) is 7.34. The number of aromatic nitrogens is 2. The first kappa shape index (κ1) is 17.0. The fraction of sp³-hybridized carbons (Fsp3) is 0.706. The van der Waals surface area contributed by atoms with E-state index in [4.69, 9.17) is 14.6 Å². The highest BCUT2D eigenvalue weighted by atomic mass is 16.5. The summed E-state index contributed by atoms with van der Waals surface area (Å²) in [7, 11) is 0. The Kier molecular flexibility index (Phi) is 5.18. The maximum atomic E-state index is 11.0. The van der Waals surface area contributed by atoms with Crippen LogP contribution in [0.4, 0.5) is 5.95 Å². The molecule has 2 saturated heterocycles. The van der Waals surface area contributed by atoms with E-state index in [1.54, 1.807) is 12.3 Å². The molecule has 0 aliphatic carbocycles. The highest BCUT2D eigenvalue weighted by Crippen LogP contribution is 2.32. The zero-order valence-corrected chi connectivity index (χ0v) is 14.2. The summed E-state index contributed by atoms with van der Waals surface area (Å²) in [6, 6.07) is 1.77. The number of carbonyl (C=O) groups is 1. The summed E-state index contributed by atoms with van der Waals surface area (Å²) in [6.45, 7) is 5.65. The van der Waals surface area contributed by atoms with E-state index in [9.17, 15) is 4.79 Å². The van der Waals surface area contributed by atoms with Crippen LogP contribution in [0.5, 0.6) is 5.88 Å². The molecule has 2 aliphatic rings. The van der Waals surface area contributed by atoms with E-state index in [1.807, 2.05) is 13.8 Å². The van der Waals surface area contributed by atoms with E-state index < -0.39 is 12.1 Å². The number of anilines is 1. The number of hydrogen-bond acceptors (Lipinski definition) is 6. The number of carboxylic acids is 1. The Morgan fingerprint density at radius 1 is 1.33 bits per heavy atom. The first-order valence-electron chi connectivity index (χ1n) is 8.66. The van der Waals surface area contributed by atoms with Crippen LogP contribution >= 0.6 is 0 Å². The minimum Gasteiger partial charge on any atom is -0.479 e. The monoisotopic (exact) mass is 335 g/mol. The highest BCUT2D eigenvalue weighted by Gasteiger charge is 2.36. The molecule has 2 fully saturated rings. The summed E-state index contributed by atoms with van der Waals surface area (Å²) in [4.78, 5) is 22.0. The summed E-state index contributed by atoms with van der Waals surface area (Å²) in [6.07, 6.45) is 4.66. The average molecular weight is 335 g/mol. The third kappa shape index (κ3) is 3.95. The van der Waals surface area contributed by atoms with Gasteiger partial charge in [0.15, 0.2) is 6.10 Å². The second-order valence-corrected chi connectivity index (χ2v) is 6.76. The lowest BCUT2D eigenvalue weighted by atomic mass is 9.90. The normalized spacial score (nSPS) is 25.2. The molecule has 0 unspecified atom stereocenters. The van der Waals surface area contributed by atoms with Gasteiger partial charge < -0.3 is 19.5 Å². The standard InChI is InChI=1S/C17H25N3O4/c1-11(2)23-15-5-8-18-17(19-15)20-9-6-12(7-10-20)13-3-4-14(24-13)16(21)22/h5,8,11-14H,3-4,6-7,9-10H2,1-2H3,(H,21,22)/t13-,14+/m0/s1. The van der Waals surface area contributed by atoms with Crippen molar-refractivity contribution >= 4 is 11.9 Å². The van der Waals surface area contributed by atoms with Crippen LogP contribution in [0.1, 0.15) is 39.5 Å². The average Bonchev–Trinajstić information content (AvgIpc) is 3.05. The summed E-state index contributed by atoms with van der Waals surface area (Å²) < 4.78 is 11.3. The van der Waals surface area contributed by atoms with Gasteiger partial charge >= 0.3 is 5.97 Å². The molecule has 0 amide bonds. The van der Waals surface area contributed by atoms with E-state index >= 15 is 0 Å². The predicted octanol–water partition coefficient (Wildman–Crippen LogP) is 2.11. The van der Waals surface area contributed by atoms with Crippen molar-refractivity contribution in [3.05, 3.63) is 12.3 Å². The van der Waals surface area contributed by atoms with Gasteiger partial charge in [-0.1, -0.05) is 0 Å². The number of carboxylic acid groups (broad SMARTS) is 1. The Labute approximate surface area is 142 Å². The Balaban J connectivity index is 1.55. The third-order valence-electron chi connectivity index (χ3n) is 4.65. The van der Waals surface area contributed by atoms with Gasteiger partial charge in [-0.3, -0.25) is 0 Å². The molecule has 0 saturated carbocycles. The molecule has 2 aliphatic heterocycles. The van der Waals surface area contributed by atoms with Gasteiger partial charge in [0.05, 0.1) is 12.2 Å². The number of nitrogens with zero attached hydrogens (tertiary/aromatic N) is 3. The molecular formula is C17H25N3O4. The number of hydrogen-bond donors (Lipinski definition) is 1. The summed E-state index contributed by atoms with van der Waals surface area (Å²) in [5.41, 5.74) is 0. The van der Waals surface area contributed by atoms with Gasteiger partial charge in [-0.25, -0.2) is 9.78 Å². The van der Waals surface area contributed by atoms with Crippen molar-refractivity contribution < 1.29 is 19.4 Å². The minimum absolute atomic E-state index is 0.0739. The Hall–Kier alpha value is -1.89. The van der Waals surface area contributed by atoms with Crippen LogP contribution in [0, 0.1) is 5.92 Å². The van der Waals surface area contributed by atoms with Crippen molar-refractivity contribution in [2.45, 2.75) is 57.8 Å². The fourth-order valence-corrected chi connectivity index (χ4v) is 3.45. The van der Waals surface area contributed by atoms with Crippen LogP contribution in [-0.4, -0.2) is 52.4 Å². The first-order chi connectivity index (χ1) is 11.5. The van der Waals surface area contributed by atoms with Crippen molar-refractivity contribution in [3.8, 4) is 5.88 Å². The smallest absolute Gasteiger partial charge is 0.332 e. The molecule has 1 N–H and O–H groups in total. The van der Waals surface area contributed by atoms with Crippen molar-refractivity contribution in [1.29, 1.82) is 0 Å². The number of ether oxygens (including phenoxy) is 2. The maximum Gasteiger partial charge on any atom is 0.332 e. The van der Waals surface area contributed by atoms with Crippen molar-refractivity contribution in [1.82, 2.24) is 9.97 Å². The van der Waals surface area contributed by atoms with E-state index in [0.29, 0.717) is 24.2 Å². The Morgan fingerprint density at radius 2 is 2.08 bits per heavy atom. The van der Waals surface area contributed by atoms with Gasteiger partial charge in [-0.05, 0) is 45.4 Å². The van der Waals surface area contributed by atoms with E-state index in [1.165, 1.54) is 0 Å².